The number of carbonyl (C=O) groups is 1. The summed E-state index contributed by atoms with van der Waals surface area (Å²) in [4.78, 5) is 21.0. The Hall–Kier alpha value is -2.21. The molecule has 2 saturated heterocycles. The van der Waals surface area contributed by atoms with Crippen LogP contribution in [0.2, 0.25) is 0 Å². The zero-order chi connectivity index (χ0) is 18.7. The normalized spacial score (nSPS) is 20.3. The Balaban J connectivity index is 1.31. The molecular formula is C21H28N4O2. The fourth-order valence-corrected chi connectivity index (χ4v) is 4.42. The molecule has 2 aliphatic heterocycles. The number of aromatic nitrogens is 2. The van der Waals surface area contributed by atoms with E-state index in [0.29, 0.717) is 17.7 Å². The monoisotopic (exact) mass is 368 g/mol. The number of likely N-dealkylation sites (tertiary alicyclic amines) is 2. The third-order valence-corrected chi connectivity index (χ3v) is 6.14. The van der Waals surface area contributed by atoms with Crippen LogP contribution in [0.15, 0.2) is 35.1 Å². The predicted molar refractivity (Wildman–Crippen MR) is 102 cm³/mol. The van der Waals surface area contributed by atoms with Crippen molar-refractivity contribution in [3.63, 3.8) is 0 Å². The van der Waals surface area contributed by atoms with Gasteiger partial charge in [0.25, 0.3) is 0 Å². The van der Waals surface area contributed by atoms with Crippen LogP contribution in [0.25, 0.3) is 0 Å². The van der Waals surface area contributed by atoms with Crippen LogP contribution in [0.3, 0.4) is 0 Å². The minimum Gasteiger partial charge on any atom is -0.360 e. The van der Waals surface area contributed by atoms with E-state index in [0.717, 1.165) is 69.9 Å². The van der Waals surface area contributed by atoms with E-state index in [1.807, 2.05) is 37.5 Å². The zero-order valence-electron chi connectivity index (χ0n) is 16.1. The largest absolute Gasteiger partial charge is 0.360 e. The molecule has 4 rings (SSSR count). The lowest BCUT2D eigenvalue weighted by atomic mass is 9.72. The van der Waals surface area contributed by atoms with Gasteiger partial charge in [0, 0.05) is 38.0 Å². The summed E-state index contributed by atoms with van der Waals surface area (Å²) in [6.07, 6.45) is 8.57. The maximum absolute atomic E-state index is 12.4. The Morgan fingerprint density at radius 1 is 1.19 bits per heavy atom. The molecule has 1 amide bonds. The van der Waals surface area contributed by atoms with Crippen molar-refractivity contribution >= 4 is 5.91 Å². The highest BCUT2D eigenvalue weighted by Gasteiger charge is 2.40. The Bertz CT molecular complexity index is 765. The van der Waals surface area contributed by atoms with Gasteiger partial charge < -0.3 is 9.42 Å². The SMILES string of the molecule is Cc1cc(CN2CCC3(CCC(=O)N(CCc4ccncc4)C3)CC2)on1. The lowest BCUT2D eigenvalue weighted by molar-refractivity contribution is -0.139. The molecule has 144 valence electrons. The first-order valence-corrected chi connectivity index (χ1v) is 9.93. The van der Waals surface area contributed by atoms with Crippen LogP contribution in [-0.2, 0) is 17.8 Å². The molecule has 0 atom stereocenters. The molecule has 1 spiro atoms. The van der Waals surface area contributed by atoms with E-state index in [1.54, 1.807) is 0 Å². The highest BCUT2D eigenvalue weighted by Crippen LogP contribution is 2.40. The van der Waals surface area contributed by atoms with E-state index in [1.165, 1.54) is 5.56 Å². The Morgan fingerprint density at radius 2 is 1.96 bits per heavy atom. The second kappa shape index (κ2) is 7.80. The number of carbonyl (C=O) groups excluding carboxylic acids is 1. The van der Waals surface area contributed by atoms with Crippen LogP contribution < -0.4 is 0 Å². The van der Waals surface area contributed by atoms with E-state index >= 15 is 0 Å². The van der Waals surface area contributed by atoms with Gasteiger partial charge in [0.05, 0.1) is 12.2 Å². The van der Waals surface area contributed by atoms with E-state index in [-0.39, 0.29) is 0 Å². The number of pyridine rings is 1. The number of hydrogen-bond donors (Lipinski definition) is 0. The van der Waals surface area contributed by atoms with Gasteiger partial charge in [-0.2, -0.15) is 0 Å². The van der Waals surface area contributed by atoms with E-state index < -0.39 is 0 Å². The Kier molecular flexibility index (Phi) is 5.25. The van der Waals surface area contributed by atoms with Crippen LogP contribution in [0, 0.1) is 12.3 Å². The molecule has 6 nitrogen and oxygen atoms in total. The molecule has 6 heteroatoms. The average Bonchev–Trinajstić information content (AvgIpc) is 3.10. The maximum Gasteiger partial charge on any atom is 0.222 e. The van der Waals surface area contributed by atoms with E-state index in [2.05, 4.69) is 19.9 Å². The molecule has 2 aromatic rings. The smallest absolute Gasteiger partial charge is 0.222 e. The molecule has 2 aromatic heterocycles. The summed E-state index contributed by atoms with van der Waals surface area (Å²) < 4.78 is 5.36. The van der Waals surface area contributed by atoms with Crippen molar-refractivity contribution in [3.8, 4) is 0 Å². The van der Waals surface area contributed by atoms with Gasteiger partial charge in [-0.1, -0.05) is 5.16 Å². The Labute approximate surface area is 160 Å². The molecule has 0 aliphatic carbocycles. The zero-order valence-corrected chi connectivity index (χ0v) is 16.1. The highest BCUT2D eigenvalue weighted by molar-refractivity contribution is 5.77. The second-order valence-electron chi connectivity index (χ2n) is 8.13. The summed E-state index contributed by atoms with van der Waals surface area (Å²) in [5.74, 6) is 1.26. The molecule has 0 N–H and O–H groups in total. The van der Waals surface area contributed by atoms with Crippen LogP contribution in [-0.4, -0.2) is 52.0 Å². The maximum atomic E-state index is 12.4. The van der Waals surface area contributed by atoms with Gasteiger partial charge in [0.2, 0.25) is 5.91 Å². The quantitative estimate of drug-likeness (QED) is 0.812. The van der Waals surface area contributed by atoms with Crippen molar-refractivity contribution in [1.82, 2.24) is 19.9 Å². The van der Waals surface area contributed by atoms with Gasteiger partial charge in [-0.15, -0.1) is 0 Å². The van der Waals surface area contributed by atoms with Crippen molar-refractivity contribution in [2.45, 2.75) is 45.6 Å². The molecule has 0 radical (unpaired) electrons. The summed E-state index contributed by atoms with van der Waals surface area (Å²) >= 11 is 0. The van der Waals surface area contributed by atoms with E-state index in [4.69, 9.17) is 4.52 Å². The van der Waals surface area contributed by atoms with Gasteiger partial charge in [-0.25, -0.2) is 0 Å². The molecular weight excluding hydrogens is 340 g/mol. The second-order valence-corrected chi connectivity index (χ2v) is 8.13. The summed E-state index contributed by atoms with van der Waals surface area (Å²) in [6.45, 7) is 6.63. The molecule has 27 heavy (non-hydrogen) atoms. The van der Waals surface area contributed by atoms with Crippen molar-refractivity contribution in [2.75, 3.05) is 26.2 Å². The summed E-state index contributed by atoms with van der Waals surface area (Å²) in [6, 6.07) is 6.09. The molecule has 0 aromatic carbocycles. The minimum absolute atomic E-state index is 0.292. The molecule has 0 saturated carbocycles. The van der Waals surface area contributed by atoms with Gasteiger partial charge >= 0.3 is 0 Å². The first kappa shape index (κ1) is 18.2. The first-order valence-electron chi connectivity index (χ1n) is 9.93. The van der Waals surface area contributed by atoms with Crippen molar-refractivity contribution in [2.24, 2.45) is 5.41 Å². The van der Waals surface area contributed by atoms with Gasteiger partial charge in [0.15, 0.2) is 5.76 Å². The van der Waals surface area contributed by atoms with Crippen molar-refractivity contribution < 1.29 is 9.32 Å². The molecule has 2 aliphatic rings. The van der Waals surface area contributed by atoms with Crippen LogP contribution >= 0.6 is 0 Å². The molecule has 4 heterocycles. The lowest BCUT2D eigenvalue weighted by Crippen LogP contribution is -2.51. The first-order chi connectivity index (χ1) is 13.1. The lowest BCUT2D eigenvalue weighted by Gasteiger charge is -2.47. The highest BCUT2D eigenvalue weighted by atomic mass is 16.5. The van der Waals surface area contributed by atoms with Crippen LogP contribution in [0.4, 0.5) is 0 Å². The third kappa shape index (κ3) is 4.38. The average molecular weight is 368 g/mol. The topological polar surface area (TPSA) is 62.5 Å². The number of hydrogen-bond acceptors (Lipinski definition) is 5. The number of amides is 1. The minimum atomic E-state index is 0.292. The van der Waals surface area contributed by atoms with Gasteiger partial charge in [-0.3, -0.25) is 14.7 Å². The summed E-state index contributed by atoms with van der Waals surface area (Å²) in [5.41, 5.74) is 2.48. The molecule has 0 bridgehead atoms. The number of aryl methyl sites for hydroxylation is 1. The summed E-state index contributed by atoms with van der Waals surface area (Å²) in [7, 11) is 0. The third-order valence-electron chi connectivity index (χ3n) is 6.14. The fourth-order valence-electron chi connectivity index (χ4n) is 4.42. The van der Waals surface area contributed by atoms with Crippen molar-refractivity contribution in [3.05, 3.63) is 47.6 Å². The van der Waals surface area contributed by atoms with Gasteiger partial charge in [0.1, 0.15) is 0 Å². The number of piperidine rings is 2. The van der Waals surface area contributed by atoms with Gasteiger partial charge in [-0.05, 0) is 68.8 Å². The number of rotatable bonds is 5. The standard InChI is InChI=1S/C21H28N4O2/c1-17-14-19(27-23-17)15-24-12-7-21(8-13-24)6-2-20(26)25(16-21)11-5-18-3-9-22-10-4-18/h3-4,9-10,14H,2,5-8,11-13,15-16H2,1H3. The Morgan fingerprint density at radius 3 is 2.67 bits per heavy atom. The van der Waals surface area contributed by atoms with Crippen molar-refractivity contribution in [1.29, 1.82) is 0 Å². The molecule has 2 fully saturated rings. The van der Waals surface area contributed by atoms with Crippen LogP contribution in [0.5, 0.6) is 0 Å². The predicted octanol–water partition coefficient (Wildman–Crippen LogP) is 2.83. The molecule has 0 unspecified atom stereocenters. The fraction of sp³-hybridized carbons (Fsp3) is 0.571. The van der Waals surface area contributed by atoms with Crippen LogP contribution in [0.1, 0.15) is 42.7 Å². The number of nitrogens with zero attached hydrogens (tertiary/aromatic N) is 4. The summed E-state index contributed by atoms with van der Waals surface area (Å²) in [5, 5.41) is 3.98. The van der Waals surface area contributed by atoms with E-state index in [9.17, 15) is 4.79 Å².